The highest BCUT2D eigenvalue weighted by atomic mass is 16.6. The summed E-state index contributed by atoms with van der Waals surface area (Å²) in [5, 5.41) is 18.0. The first-order valence-corrected chi connectivity index (χ1v) is 18.7. The van der Waals surface area contributed by atoms with E-state index < -0.39 is 52.9 Å². The van der Waals surface area contributed by atoms with Crippen LogP contribution in [0.2, 0.25) is 0 Å². The van der Waals surface area contributed by atoms with Gasteiger partial charge in [-0.15, -0.1) is 0 Å². The van der Waals surface area contributed by atoms with E-state index >= 15 is 0 Å². The van der Waals surface area contributed by atoms with Crippen molar-refractivity contribution >= 4 is 29.8 Å². The lowest BCUT2D eigenvalue weighted by Gasteiger charge is -2.37. The number of carboxylic acids is 1. The second kappa shape index (κ2) is 20.0. The van der Waals surface area contributed by atoms with Gasteiger partial charge in [-0.1, -0.05) is 39.3 Å². The predicted octanol–water partition coefficient (Wildman–Crippen LogP) is 5.01. The number of fused-ring (bicyclic) bond motifs is 2. The molecule has 15 nitrogen and oxygen atoms in total. The van der Waals surface area contributed by atoms with Gasteiger partial charge >= 0.3 is 18.0 Å². The largest absolute Gasteiger partial charge is 0.496 e. The fraction of sp³-hybridized carbons (Fsp3) is 0.575. The molecule has 2 aromatic carbocycles. The van der Waals surface area contributed by atoms with Crippen LogP contribution >= 0.6 is 0 Å². The molecule has 0 aliphatic carbocycles. The molecule has 2 atom stereocenters. The number of carbonyl (C=O) groups excluding carboxylic acids is 4. The Hall–Kier alpha value is -5.05. The Bertz CT molecular complexity index is 1690. The zero-order chi connectivity index (χ0) is 40.9. The number of benzene rings is 2. The number of nitrogens with one attached hydrogen (secondary N) is 3. The number of carbonyl (C=O) groups is 5. The Morgan fingerprint density at radius 3 is 2.07 bits per heavy atom. The molecule has 1 aliphatic rings. The van der Waals surface area contributed by atoms with Crippen LogP contribution in [-0.2, 0) is 47.0 Å². The van der Waals surface area contributed by atoms with Gasteiger partial charge in [0.25, 0.3) is 0 Å². The van der Waals surface area contributed by atoms with Crippen LogP contribution in [0.15, 0.2) is 24.3 Å². The summed E-state index contributed by atoms with van der Waals surface area (Å²) < 4.78 is 28.2. The van der Waals surface area contributed by atoms with Gasteiger partial charge in [0.2, 0.25) is 11.8 Å². The SMILES string of the molecule is CCCCOC(=O)NCCCC[C@H](N)C(=O)N[C@@H](CCC(=O)OC(C)(C)C)C(=O)NCc1c(OC)ccc2c1Oc1c(ccc(OC)c1CC(=O)O)C2(C)C. The molecule has 15 heteroatoms. The summed E-state index contributed by atoms with van der Waals surface area (Å²) in [6, 6.07) is 5.09. The minimum Gasteiger partial charge on any atom is -0.496 e. The topological polar surface area (TPSA) is 214 Å². The zero-order valence-corrected chi connectivity index (χ0v) is 33.3. The number of methoxy groups -OCH3 is 2. The molecule has 0 fully saturated rings. The number of amides is 3. The Balaban J connectivity index is 1.80. The van der Waals surface area contributed by atoms with Gasteiger partial charge < -0.3 is 50.5 Å². The van der Waals surface area contributed by atoms with Crippen LogP contribution in [0.5, 0.6) is 23.0 Å². The fourth-order valence-corrected chi connectivity index (χ4v) is 6.22. The highest BCUT2D eigenvalue weighted by Crippen LogP contribution is 2.53. The van der Waals surface area contributed by atoms with Crippen LogP contribution < -0.4 is 35.9 Å². The summed E-state index contributed by atoms with van der Waals surface area (Å²) in [4.78, 5) is 63.4. The molecule has 0 bridgehead atoms. The molecule has 0 saturated heterocycles. The lowest BCUT2D eigenvalue weighted by Crippen LogP contribution is -2.51. The molecular formula is C40H58N4O11. The number of hydrogen-bond acceptors (Lipinski definition) is 11. The summed E-state index contributed by atoms with van der Waals surface area (Å²) in [7, 11) is 2.94. The summed E-state index contributed by atoms with van der Waals surface area (Å²) in [5.74, 6) is -1.26. The molecule has 1 heterocycles. The first-order valence-electron chi connectivity index (χ1n) is 18.7. The average Bonchev–Trinajstić information content (AvgIpc) is 3.11. The van der Waals surface area contributed by atoms with E-state index in [0.29, 0.717) is 60.1 Å². The molecule has 0 unspecified atom stereocenters. The van der Waals surface area contributed by atoms with Gasteiger partial charge in [-0.2, -0.15) is 0 Å². The second-order valence-electron chi connectivity index (χ2n) is 15.0. The molecule has 0 radical (unpaired) electrons. The number of hydrogen-bond donors (Lipinski definition) is 5. The molecule has 3 rings (SSSR count). The molecule has 6 N–H and O–H groups in total. The number of carboxylic acid groups (broad SMARTS) is 1. The quantitative estimate of drug-likeness (QED) is 0.0888. The number of ether oxygens (including phenoxy) is 5. The predicted molar refractivity (Wildman–Crippen MR) is 204 cm³/mol. The Kier molecular flexibility index (Phi) is 16.2. The molecule has 0 aromatic heterocycles. The number of nitrogens with two attached hydrogens (primary N) is 1. The monoisotopic (exact) mass is 770 g/mol. The lowest BCUT2D eigenvalue weighted by molar-refractivity contribution is -0.155. The minimum atomic E-state index is -1.15. The molecule has 304 valence electrons. The van der Waals surface area contributed by atoms with Gasteiger partial charge in [0.15, 0.2) is 0 Å². The smallest absolute Gasteiger partial charge is 0.407 e. The summed E-state index contributed by atoms with van der Waals surface area (Å²) in [6.07, 6.45) is 2.00. The van der Waals surface area contributed by atoms with Crippen molar-refractivity contribution in [2.24, 2.45) is 5.73 Å². The van der Waals surface area contributed by atoms with Gasteiger partial charge in [-0.3, -0.25) is 19.2 Å². The van der Waals surface area contributed by atoms with Crippen molar-refractivity contribution < 1.29 is 52.8 Å². The van der Waals surface area contributed by atoms with Crippen molar-refractivity contribution in [1.29, 1.82) is 0 Å². The van der Waals surface area contributed by atoms with Crippen LogP contribution in [0.4, 0.5) is 4.79 Å². The van der Waals surface area contributed by atoms with E-state index in [4.69, 9.17) is 29.4 Å². The van der Waals surface area contributed by atoms with Crippen LogP contribution in [0, 0.1) is 0 Å². The van der Waals surface area contributed by atoms with Crippen molar-refractivity contribution in [1.82, 2.24) is 16.0 Å². The third-order valence-electron chi connectivity index (χ3n) is 9.16. The van der Waals surface area contributed by atoms with Gasteiger partial charge in [0.1, 0.15) is 34.6 Å². The highest BCUT2D eigenvalue weighted by molar-refractivity contribution is 5.90. The van der Waals surface area contributed by atoms with E-state index in [1.165, 1.54) is 14.2 Å². The number of alkyl carbamates (subject to hydrolysis) is 1. The van der Waals surface area contributed by atoms with Gasteiger partial charge in [-0.25, -0.2) is 4.79 Å². The maximum atomic E-state index is 13.8. The highest BCUT2D eigenvalue weighted by Gasteiger charge is 2.39. The van der Waals surface area contributed by atoms with E-state index in [-0.39, 0.29) is 32.2 Å². The number of aliphatic carboxylic acids is 1. The van der Waals surface area contributed by atoms with Crippen molar-refractivity contribution in [3.8, 4) is 23.0 Å². The maximum Gasteiger partial charge on any atom is 0.407 e. The van der Waals surface area contributed by atoms with E-state index in [1.807, 2.05) is 32.9 Å². The van der Waals surface area contributed by atoms with Crippen molar-refractivity contribution in [3.63, 3.8) is 0 Å². The van der Waals surface area contributed by atoms with Gasteiger partial charge in [0, 0.05) is 35.1 Å². The van der Waals surface area contributed by atoms with Crippen molar-refractivity contribution in [2.45, 2.75) is 123 Å². The second-order valence-corrected chi connectivity index (χ2v) is 15.0. The standard InChI is InChI=1S/C40H58N4O11/c1-9-10-21-53-38(50)42-20-12-11-13-28(41)36(48)44-29(16-19-33(47)55-39(2,3)4)37(49)43-23-25-31(52-8)18-15-27-35(25)54-34-24(22-32(45)46)30(51-7)17-14-26(34)40(27,5)6/h14-15,17-18,28-29H,9-13,16,19-23,41H2,1-8H3,(H,42,50)(H,43,49)(H,44,48)(H,45,46)/t28-,29-/m0/s1. The average molecular weight is 771 g/mol. The molecule has 0 spiro atoms. The first-order chi connectivity index (χ1) is 25.9. The summed E-state index contributed by atoms with van der Waals surface area (Å²) >= 11 is 0. The van der Waals surface area contributed by atoms with Gasteiger partial charge in [-0.05, 0) is 65.0 Å². The Labute approximate surface area is 323 Å². The number of rotatable bonds is 20. The molecule has 3 amide bonds. The van der Waals surface area contributed by atoms with E-state index in [1.54, 1.807) is 32.9 Å². The van der Waals surface area contributed by atoms with E-state index in [9.17, 15) is 29.1 Å². The van der Waals surface area contributed by atoms with Crippen LogP contribution in [0.25, 0.3) is 0 Å². The minimum absolute atomic E-state index is 0.0669. The van der Waals surface area contributed by atoms with E-state index in [2.05, 4.69) is 16.0 Å². The number of esters is 1. The molecular weight excluding hydrogens is 712 g/mol. The number of unbranched alkanes of at least 4 members (excludes halogenated alkanes) is 2. The molecule has 0 saturated carbocycles. The lowest BCUT2D eigenvalue weighted by atomic mass is 9.74. The van der Waals surface area contributed by atoms with Gasteiger partial charge in [0.05, 0.1) is 45.4 Å². The van der Waals surface area contributed by atoms with E-state index in [0.717, 1.165) is 24.0 Å². The third-order valence-corrected chi connectivity index (χ3v) is 9.16. The Morgan fingerprint density at radius 1 is 0.873 bits per heavy atom. The normalized spacial score (nSPS) is 13.8. The molecule has 2 aromatic rings. The zero-order valence-electron chi connectivity index (χ0n) is 33.3. The van der Waals surface area contributed by atoms with Crippen LogP contribution in [-0.4, -0.2) is 80.0 Å². The summed E-state index contributed by atoms with van der Waals surface area (Å²) in [5.41, 5.74) is 7.20. The maximum absolute atomic E-state index is 13.8. The third kappa shape index (κ3) is 12.5. The van der Waals surface area contributed by atoms with Crippen molar-refractivity contribution in [3.05, 3.63) is 46.5 Å². The Morgan fingerprint density at radius 2 is 1.49 bits per heavy atom. The van der Waals surface area contributed by atoms with Crippen molar-refractivity contribution in [2.75, 3.05) is 27.4 Å². The molecule has 1 aliphatic heterocycles. The van der Waals surface area contributed by atoms with Crippen LogP contribution in [0.3, 0.4) is 0 Å². The van der Waals surface area contributed by atoms with Crippen LogP contribution in [0.1, 0.15) is 109 Å². The first kappa shape index (κ1) is 44.3. The fourth-order valence-electron chi connectivity index (χ4n) is 6.22. The molecule has 55 heavy (non-hydrogen) atoms. The summed E-state index contributed by atoms with van der Waals surface area (Å²) in [6.45, 7) is 11.8.